The van der Waals surface area contributed by atoms with E-state index in [1.165, 1.54) is 0 Å². The zero-order valence-corrected chi connectivity index (χ0v) is 10.4. The van der Waals surface area contributed by atoms with Gasteiger partial charge in [0.15, 0.2) is 0 Å². The van der Waals surface area contributed by atoms with Crippen LogP contribution in [0.1, 0.15) is 0 Å². The molecule has 0 bridgehead atoms. The molecule has 0 atom stereocenters. The van der Waals surface area contributed by atoms with E-state index < -0.39 is 47.3 Å². The molecule has 152 valence electrons. The van der Waals surface area contributed by atoms with E-state index in [1.54, 1.807) is 0 Å². The van der Waals surface area contributed by atoms with Gasteiger partial charge in [0.1, 0.15) is 0 Å². The molecule has 0 heterocycles. The first-order valence-corrected chi connectivity index (χ1v) is 4.89. The molecule has 0 amide bonds. The Balaban J connectivity index is 6.40. The second kappa shape index (κ2) is 5.63. The smallest absolute Gasteiger partial charge is 0.192 e. The van der Waals surface area contributed by atoms with Crippen molar-refractivity contribution in [1.82, 2.24) is 5.12 Å². The highest BCUT2D eigenvalue weighted by atomic mass is 19.4. The first-order chi connectivity index (χ1) is 10.4. The first kappa shape index (κ1) is 23.8. The van der Waals surface area contributed by atoms with Crippen molar-refractivity contribution in [2.45, 2.75) is 42.2 Å². The minimum atomic E-state index is -8.50. The topological polar surface area (TPSA) is 3.24 Å². The van der Waals surface area contributed by atoms with Gasteiger partial charge in [-0.15, -0.1) is 4.48 Å². The van der Waals surface area contributed by atoms with E-state index in [1.807, 2.05) is 0 Å². The molecule has 0 aromatic carbocycles. The minimum Gasteiger partial charge on any atom is -0.192 e. The Morgan fingerprint density at radius 3 is 0.920 bits per heavy atom. The third kappa shape index (κ3) is 3.16. The lowest BCUT2D eigenvalue weighted by Gasteiger charge is -2.40. The van der Waals surface area contributed by atoms with Crippen LogP contribution >= 0.6 is 0 Å². The van der Waals surface area contributed by atoms with E-state index >= 15 is 0 Å². The summed E-state index contributed by atoms with van der Waals surface area (Å²) in [5, 5.41) is -4.35. The lowest BCUT2D eigenvalue weighted by Crippen LogP contribution is -2.72. The highest BCUT2D eigenvalue weighted by Crippen LogP contribution is 2.61. The Kier molecular flexibility index (Phi) is 5.36. The van der Waals surface area contributed by atoms with Crippen LogP contribution in [0.5, 0.6) is 0 Å². The average molecular weight is 421 g/mol. The molecule has 0 spiro atoms. The van der Waals surface area contributed by atoms with Gasteiger partial charge in [0, 0.05) is 5.12 Å². The van der Waals surface area contributed by atoms with E-state index in [2.05, 4.69) is 0 Å². The molecule has 0 saturated heterocycles. The first-order valence-electron chi connectivity index (χ1n) is 4.89. The number of hydrogen-bond acceptors (Lipinski definition) is 1. The second-order valence-electron chi connectivity index (χ2n) is 4.09. The van der Waals surface area contributed by atoms with Crippen LogP contribution in [0, 0.1) is 0 Å². The number of nitrogens with zero attached hydrogens (tertiary/aromatic N) is 1. The van der Waals surface area contributed by atoms with Gasteiger partial charge in [-0.25, -0.2) is 0 Å². The minimum absolute atomic E-state index is 4.35. The van der Waals surface area contributed by atoms with Crippen molar-refractivity contribution in [3.05, 3.63) is 0 Å². The van der Waals surface area contributed by atoms with E-state index in [9.17, 15) is 74.7 Å². The number of rotatable bonds is 5. The molecule has 0 fully saturated rings. The fraction of sp³-hybridized carbons (Fsp3) is 1.00. The Morgan fingerprint density at radius 1 is 0.400 bits per heavy atom. The van der Waals surface area contributed by atoms with Gasteiger partial charge in [0.25, 0.3) is 0 Å². The van der Waals surface area contributed by atoms with E-state index in [4.69, 9.17) is 0 Å². The summed E-state index contributed by atoms with van der Waals surface area (Å²) in [4.78, 5) is 0. The third-order valence-electron chi connectivity index (χ3n) is 2.39. The van der Waals surface area contributed by atoms with Crippen molar-refractivity contribution < 1.29 is 74.7 Å². The molecule has 25 heavy (non-hydrogen) atoms. The molecule has 0 aromatic heterocycles. The van der Waals surface area contributed by atoms with Gasteiger partial charge in [-0.3, -0.25) is 0 Å². The summed E-state index contributed by atoms with van der Waals surface area (Å²) >= 11 is 0. The lowest BCUT2D eigenvalue weighted by atomic mass is 9.96. The van der Waals surface area contributed by atoms with Crippen LogP contribution in [-0.4, -0.2) is 47.3 Å². The zero-order chi connectivity index (χ0) is 21.1. The van der Waals surface area contributed by atoms with Crippen LogP contribution in [-0.2, 0) is 0 Å². The summed E-state index contributed by atoms with van der Waals surface area (Å²) in [6.45, 7) is 0. The normalized spacial score (nSPS) is 16.6. The molecule has 0 rings (SSSR count). The lowest BCUT2D eigenvalue weighted by molar-refractivity contribution is -0.490. The van der Waals surface area contributed by atoms with Crippen LogP contribution in [0.4, 0.5) is 74.7 Å². The Labute approximate surface area is 123 Å². The van der Waals surface area contributed by atoms with Gasteiger partial charge in [0.2, 0.25) is 0 Å². The summed E-state index contributed by atoms with van der Waals surface area (Å²) in [6, 6.07) is -8.00. The van der Waals surface area contributed by atoms with E-state index in [-0.39, 0.29) is 0 Å². The molecular weight excluding hydrogens is 421 g/mol. The van der Waals surface area contributed by atoms with Crippen molar-refractivity contribution in [2.24, 2.45) is 0 Å². The summed E-state index contributed by atoms with van der Waals surface area (Å²) < 4.78 is 207. The van der Waals surface area contributed by atoms with E-state index in [0.717, 1.165) is 0 Å². The highest BCUT2D eigenvalue weighted by Gasteiger charge is 2.92. The Hall–Kier alpha value is -1.23. The number of hydrogen-bond donors (Lipinski definition) is 0. The molecule has 0 aromatic rings. The SMILES string of the molecule is FN(C(F)(F)F)C(F)(F)C(F)(F)C(F)(F)C(F)(F)C(F)(F)C(F)(F)F. The van der Waals surface area contributed by atoms with Crippen molar-refractivity contribution in [3.63, 3.8) is 0 Å². The molecule has 0 unspecified atom stereocenters. The quantitative estimate of drug-likeness (QED) is 0.327. The van der Waals surface area contributed by atoms with E-state index in [0.29, 0.717) is 0 Å². The van der Waals surface area contributed by atoms with Crippen molar-refractivity contribution >= 4 is 0 Å². The van der Waals surface area contributed by atoms with Crippen molar-refractivity contribution in [2.75, 3.05) is 0 Å². The molecule has 0 aliphatic rings. The van der Waals surface area contributed by atoms with Gasteiger partial charge in [-0.05, 0) is 0 Å². The van der Waals surface area contributed by atoms with Crippen molar-refractivity contribution in [3.8, 4) is 0 Å². The molecule has 0 aliphatic heterocycles. The maximum Gasteiger partial charge on any atom is 0.492 e. The molecule has 0 saturated carbocycles. The Morgan fingerprint density at radius 2 is 0.680 bits per heavy atom. The van der Waals surface area contributed by atoms with Gasteiger partial charge in [0.05, 0.1) is 0 Å². The molecule has 1 nitrogen and oxygen atoms in total. The average Bonchev–Trinajstić information content (AvgIpc) is 2.34. The van der Waals surface area contributed by atoms with Crippen LogP contribution in [0.15, 0.2) is 0 Å². The van der Waals surface area contributed by atoms with Crippen molar-refractivity contribution in [1.29, 1.82) is 0 Å². The summed E-state index contributed by atoms with van der Waals surface area (Å²) in [6.07, 6.45) is -15.0. The third-order valence-corrected chi connectivity index (χ3v) is 2.39. The standard InChI is InChI=1S/C7F17N/c8-1(9,3(12,13)5(16,17)18)2(10,11)4(14,15)6(19,20)25(24)7(21,22)23. The molecule has 0 aliphatic carbocycles. The monoisotopic (exact) mass is 421 g/mol. The van der Waals surface area contributed by atoms with Gasteiger partial charge in [-0.2, -0.15) is 70.2 Å². The van der Waals surface area contributed by atoms with Crippen LogP contribution < -0.4 is 0 Å². The van der Waals surface area contributed by atoms with Gasteiger partial charge < -0.3 is 0 Å². The van der Waals surface area contributed by atoms with Crippen LogP contribution in [0.25, 0.3) is 0 Å². The number of halogens is 17. The summed E-state index contributed by atoms with van der Waals surface area (Å²) in [5.74, 6) is -33.4. The summed E-state index contributed by atoms with van der Waals surface area (Å²) in [5.41, 5.74) is 0. The van der Waals surface area contributed by atoms with Gasteiger partial charge >= 0.3 is 42.2 Å². The second-order valence-corrected chi connectivity index (χ2v) is 4.09. The van der Waals surface area contributed by atoms with Gasteiger partial charge in [-0.1, -0.05) is 0 Å². The van der Waals surface area contributed by atoms with Crippen LogP contribution in [0.3, 0.4) is 0 Å². The molecule has 18 heteroatoms. The zero-order valence-electron chi connectivity index (χ0n) is 10.4. The highest BCUT2D eigenvalue weighted by molar-refractivity contribution is 5.09. The Bertz CT molecular complexity index is 482. The largest absolute Gasteiger partial charge is 0.492 e. The summed E-state index contributed by atoms with van der Waals surface area (Å²) in [7, 11) is 0. The molecule has 0 N–H and O–H groups in total. The maximum atomic E-state index is 12.7. The fourth-order valence-corrected chi connectivity index (χ4v) is 1.04. The molecular formula is C7F17N. The predicted molar refractivity (Wildman–Crippen MR) is 39.8 cm³/mol. The maximum absolute atomic E-state index is 12.7. The fourth-order valence-electron chi connectivity index (χ4n) is 1.04. The molecule has 0 radical (unpaired) electrons. The number of alkyl halides is 16. The van der Waals surface area contributed by atoms with Crippen LogP contribution in [0.2, 0.25) is 0 Å². The predicted octanol–water partition coefficient (Wildman–Crippen LogP) is 5.39.